The Bertz CT molecular complexity index is 427. The molecule has 0 aliphatic rings. The normalized spacial score (nSPS) is 12.0. The Labute approximate surface area is 108 Å². The molecule has 4 heteroatoms. The minimum atomic E-state index is -0.386. The van der Waals surface area contributed by atoms with E-state index in [-0.39, 0.29) is 5.97 Å². The fourth-order valence-electron chi connectivity index (χ4n) is 1.17. The number of carbonyl (C=O) groups excluding carboxylic acids is 1. The highest BCUT2D eigenvalue weighted by atomic mass is 79.9. The highest BCUT2D eigenvalue weighted by Crippen LogP contribution is 2.29. The summed E-state index contributed by atoms with van der Waals surface area (Å²) in [4.78, 5) is 11.5. The van der Waals surface area contributed by atoms with Crippen LogP contribution in [0.3, 0.4) is 0 Å². The molecule has 0 saturated heterocycles. The van der Waals surface area contributed by atoms with E-state index in [0.717, 1.165) is 10.0 Å². The highest BCUT2D eigenvalue weighted by molar-refractivity contribution is 9.10. The topological polar surface area (TPSA) is 26.3 Å². The Balaban J connectivity index is 3.09. The van der Waals surface area contributed by atoms with Gasteiger partial charge in [0.05, 0.1) is 17.2 Å². The van der Waals surface area contributed by atoms with E-state index in [4.69, 9.17) is 16.3 Å². The number of halogens is 2. The Kier molecular flexibility index (Phi) is 5.03. The molecule has 0 fully saturated rings. The predicted molar refractivity (Wildman–Crippen MR) is 69.2 cm³/mol. The number of hydrogen-bond acceptors (Lipinski definition) is 2. The number of rotatable bonds is 3. The van der Waals surface area contributed by atoms with Gasteiger partial charge in [0.15, 0.2) is 0 Å². The van der Waals surface area contributed by atoms with Gasteiger partial charge in [0.2, 0.25) is 0 Å². The van der Waals surface area contributed by atoms with Crippen LogP contribution >= 0.6 is 27.5 Å². The van der Waals surface area contributed by atoms with Crippen molar-refractivity contribution in [1.29, 1.82) is 0 Å². The largest absolute Gasteiger partial charge is 0.463 e. The average Bonchev–Trinajstić information content (AvgIpc) is 2.28. The van der Waals surface area contributed by atoms with Crippen LogP contribution in [0, 0.1) is 0 Å². The second-order valence-electron chi connectivity index (χ2n) is 3.14. The number of hydrogen-bond donors (Lipinski definition) is 0. The molecule has 0 aliphatic heterocycles. The molecule has 0 aromatic heterocycles. The standard InChI is InChI=1S/C12H12BrClO2/c1-3-16-12(15)8(2)11(14)9-6-4-5-7-10(9)13/h4-7H,3H2,1-2H3. The van der Waals surface area contributed by atoms with Crippen molar-refractivity contribution in [3.8, 4) is 0 Å². The summed E-state index contributed by atoms with van der Waals surface area (Å²) < 4.78 is 5.74. The smallest absolute Gasteiger partial charge is 0.335 e. The number of benzene rings is 1. The zero-order valence-electron chi connectivity index (χ0n) is 9.09. The molecule has 0 heterocycles. The molecule has 0 atom stereocenters. The van der Waals surface area contributed by atoms with Crippen LogP contribution in [0.4, 0.5) is 0 Å². The van der Waals surface area contributed by atoms with Gasteiger partial charge in [-0.3, -0.25) is 0 Å². The first-order valence-corrected chi connectivity index (χ1v) is 6.03. The summed E-state index contributed by atoms with van der Waals surface area (Å²) in [5.74, 6) is -0.386. The molecule has 0 bridgehead atoms. The van der Waals surface area contributed by atoms with Gasteiger partial charge < -0.3 is 4.74 Å². The third kappa shape index (κ3) is 3.09. The summed E-state index contributed by atoms with van der Waals surface area (Å²) in [5.41, 5.74) is 1.20. The molecule has 0 N–H and O–H groups in total. The van der Waals surface area contributed by atoms with E-state index in [2.05, 4.69) is 15.9 Å². The van der Waals surface area contributed by atoms with Gasteiger partial charge in [-0.2, -0.15) is 0 Å². The lowest BCUT2D eigenvalue weighted by Gasteiger charge is -2.07. The van der Waals surface area contributed by atoms with Crippen LogP contribution in [0.5, 0.6) is 0 Å². The highest BCUT2D eigenvalue weighted by Gasteiger charge is 2.13. The summed E-state index contributed by atoms with van der Waals surface area (Å²) in [5, 5.41) is 0.408. The molecule has 1 rings (SSSR count). The first-order valence-electron chi connectivity index (χ1n) is 4.86. The minimum Gasteiger partial charge on any atom is -0.463 e. The van der Waals surface area contributed by atoms with Crippen LogP contribution in [-0.4, -0.2) is 12.6 Å². The SMILES string of the molecule is CCOC(=O)C(C)=C(Cl)c1ccccc1Br. The second kappa shape index (κ2) is 6.06. The molecule has 0 radical (unpaired) electrons. The predicted octanol–water partition coefficient (Wildman–Crippen LogP) is 3.98. The average molecular weight is 304 g/mol. The maximum absolute atomic E-state index is 11.5. The summed E-state index contributed by atoms with van der Waals surface area (Å²) in [6.45, 7) is 3.76. The zero-order chi connectivity index (χ0) is 12.1. The molecule has 0 unspecified atom stereocenters. The molecule has 2 nitrogen and oxygen atoms in total. The third-order valence-corrected chi connectivity index (χ3v) is 3.20. The number of carbonyl (C=O) groups is 1. The molecule has 0 saturated carbocycles. The molecule has 0 amide bonds. The molecule has 0 spiro atoms. The lowest BCUT2D eigenvalue weighted by Crippen LogP contribution is -2.06. The van der Waals surface area contributed by atoms with Crippen molar-refractivity contribution in [2.45, 2.75) is 13.8 Å². The molecule has 0 aliphatic carbocycles. The molecule has 16 heavy (non-hydrogen) atoms. The lowest BCUT2D eigenvalue weighted by molar-refractivity contribution is -0.138. The van der Waals surface area contributed by atoms with E-state index >= 15 is 0 Å². The molecular weight excluding hydrogens is 291 g/mol. The van der Waals surface area contributed by atoms with Gasteiger partial charge in [0, 0.05) is 10.0 Å². The van der Waals surface area contributed by atoms with E-state index < -0.39 is 0 Å². The van der Waals surface area contributed by atoms with Gasteiger partial charge >= 0.3 is 5.97 Å². The quantitative estimate of drug-likeness (QED) is 0.623. The summed E-state index contributed by atoms with van der Waals surface area (Å²) in [7, 11) is 0. The van der Waals surface area contributed by atoms with Crippen LogP contribution in [-0.2, 0) is 9.53 Å². The van der Waals surface area contributed by atoms with Gasteiger partial charge in [-0.25, -0.2) is 4.79 Å². The van der Waals surface area contributed by atoms with Crippen LogP contribution in [0.15, 0.2) is 34.3 Å². The summed E-state index contributed by atoms with van der Waals surface area (Å²) >= 11 is 9.52. The van der Waals surface area contributed by atoms with E-state index in [1.807, 2.05) is 24.3 Å². The Hall–Kier alpha value is -0.800. The van der Waals surface area contributed by atoms with Crippen LogP contribution in [0.25, 0.3) is 5.03 Å². The number of esters is 1. The molecule has 1 aromatic carbocycles. The van der Waals surface area contributed by atoms with E-state index in [1.165, 1.54) is 0 Å². The fourth-order valence-corrected chi connectivity index (χ4v) is 2.01. The van der Waals surface area contributed by atoms with Crippen molar-refractivity contribution in [2.75, 3.05) is 6.61 Å². The summed E-state index contributed by atoms with van der Waals surface area (Å²) in [6, 6.07) is 7.46. The van der Waals surface area contributed by atoms with Crippen LogP contribution < -0.4 is 0 Å². The van der Waals surface area contributed by atoms with Crippen molar-refractivity contribution in [3.05, 3.63) is 39.9 Å². The Morgan fingerprint density at radius 1 is 1.44 bits per heavy atom. The van der Waals surface area contributed by atoms with Crippen molar-refractivity contribution in [3.63, 3.8) is 0 Å². The van der Waals surface area contributed by atoms with E-state index in [1.54, 1.807) is 13.8 Å². The second-order valence-corrected chi connectivity index (χ2v) is 4.37. The molecular formula is C12H12BrClO2. The molecule has 86 valence electrons. The van der Waals surface area contributed by atoms with Crippen molar-refractivity contribution >= 4 is 38.5 Å². The maximum atomic E-state index is 11.5. The van der Waals surface area contributed by atoms with Gasteiger partial charge in [-0.15, -0.1) is 0 Å². The van der Waals surface area contributed by atoms with Crippen LogP contribution in [0.1, 0.15) is 19.4 Å². The van der Waals surface area contributed by atoms with Crippen molar-refractivity contribution in [1.82, 2.24) is 0 Å². The van der Waals surface area contributed by atoms with Gasteiger partial charge in [-0.1, -0.05) is 45.7 Å². The molecule has 1 aromatic rings. The van der Waals surface area contributed by atoms with Gasteiger partial charge in [-0.05, 0) is 19.9 Å². The first kappa shape index (κ1) is 13.3. The first-order chi connectivity index (χ1) is 7.57. The van der Waals surface area contributed by atoms with E-state index in [0.29, 0.717) is 17.2 Å². The zero-order valence-corrected chi connectivity index (χ0v) is 11.4. The number of ether oxygens (including phenoxy) is 1. The Morgan fingerprint density at radius 2 is 2.06 bits per heavy atom. The van der Waals surface area contributed by atoms with Crippen molar-refractivity contribution < 1.29 is 9.53 Å². The minimum absolute atomic E-state index is 0.344. The van der Waals surface area contributed by atoms with Gasteiger partial charge in [0.1, 0.15) is 0 Å². The third-order valence-electron chi connectivity index (χ3n) is 2.02. The fraction of sp³-hybridized carbons (Fsp3) is 0.250. The van der Waals surface area contributed by atoms with Crippen molar-refractivity contribution in [2.24, 2.45) is 0 Å². The Morgan fingerprint density at radius 3 is 2.62 bits per heavy atom. The van der Waals surface area contributed by atoms with Gasteiger partial charge in [0.25, 0.3) is 0 Å². The van der Waals surface area contributed by atoms with Crippen LogP contribution in [0.2, 0.25) is 0 Å². The van der Waals surface area contributed by atoms with E-state index in [9.17, 15) is 4.79 Å². The maximum Gasteiger partial charge on any atom is 0.335 e. The monoisotopic (exact) mass is 302 g/mol. The summed E-state index contributed by atoms with van der Waals surface area (Å²) in [6.07, 6.45) is 0. The lowest BCUT2D eigenvalue weighted by atomic mass is 10.1.